The lowest BCUT2D eigenvalue weighted by atomic mass is 10.1. The first-order valence-electron chi connectivity index (χ1n) is 6.76. The standard InChI is InChI=1S/C15H23BrN4O.HI/c1-10-6-7-11(16)8-12(10)19-13(21)9-18-14(17-5)20-15(2,3)4;/h6-8H,9H2,1-5H3,(H,19,21)(H2,17,18,20);1H. The summed E-state index contributed by atoms with van der Waals surface area (Å²) in [5.41, 5.74) is 1.71. The van der Waals surface area contributed by atoms with Gasteiger partial charge in [-0.1, -0.05) is 22.0 Å². The zero-order valence-electron chi connectivity index (χ0n) is 13.6. The Balaban J connectivity index is 0.00000441. The SMILES string of the molecule is CN=C(NCC(=O)Nc1cc(Br)ccc1C)NC(C)(C)C.I. The largest absolute Gasteiger partial charge is 0.352 e. The second-order valence-corrected chi connectivity index (χ2v) is 6.72. The fourth-order valence-electron chi connectivity index (χ4n) is 1.62. The molecule has 5 nitrogen and oxygen atoms in total. The molecule has 0 aliphatic rings. The summed E-state index contributed by atoms with van der Waals surface area (Å²) in [6.45, 7) is 8.21. The highest BCUT2D eigenvalue weighted by Crippen LogP contribution is 2.20. The second kappa shape index (κ2) is 9.34. The number of rotatable bonds is 3. The number of nitrogens with zero attached hydrogens (tertiary/aromatic N) is 1. The average Bonchev–Trinajstić information content (AvgIpc) is 2.37. The molecule has 0 aliphatic heterocycles. The van der Waals surface area contributed by atoms with Crippen molar-refractivity contribution in [2.45, 2.75) is 33.2 Å². The van der Waals surface area contributed by atoms with Gasteiger partial charge in [0.1, 0.15) is 0 Å². The van der Waals surface area contributed by atoms with E-state index in [1.54, 1.807) is 7.05 Å². The smallest absolute Gasteiger partial charge is 0.243 e. The lowest BCUT2D eigenvalue weighted by Crippen LogP contribution is -2.49. The van der Waals surface area contributed by atoms with Gasteiger partial charge in [0.05, 0.1) is 6.54 Å². The second-order valence-electron chi connectivity index (χ2n) is 5.81. The Labute approximate surface area is 157 Å². The van der Waals surface area contributed by atoms with E-state index >= 15 is 0 Å². The predicted octanol–water partition coefficient (Wildman–Crippen LogP) is 3.28. The fraction of sp³-hybridized carbons (Fsp3) is 0.467. The van der Waals surface area contributed by atoms with Crippen molar-refractivity contribution in [2.75, 3.05) is 18.9 Å². The van der Waals surface area contributed by atoms with Crippen molar-refractivity contribution in [3.63, 3.8) is 0 Å². The van der Waals surface area contributed by atoms with Gasteiger partial charge in [0, 0.05) is 22.7 Å². The number of carbonyl (C=O) groups is 1. The van der Waals surface area contributed by atoms with Gasteiger partial charge in [0.15, 0.2) is 5.96 Å². The maximum absolute atomic E-state index is 12.0. The van der Waals surface area contributed by atoms with E-state index in [2.05, 4.69) is 36.9 Å². The minimum atomic E-state index is -0.118. The first-order valence-corrected chi connectivity index (χ1v) is 7.55. The van der Waals surface area contributed by atoms with Crippen molar-refractivity contribution in [3.8, 4) is 0 Å². The molecule has 0 bridgehead atoms. The number of aryl methyl sites for hydroxylation is 1. The third-order valence-electron chi connectivity index (χ3n) is 2.61. The molecule has 0 saturated heterocycles. The number of anilines is 1. The quantitative estimate of drug-likeness (QED) is 0.352. The number of guanidine groups is 1. The van der Waals surface area contributed by atoms with Crippen molar-refractivity contribution in [1.29, 1.82) is 0 Å². The predicted molar refractivity (Wildman–Crippen MR) is 107 cm³/mol. The molecule has 1 rings (SSSR count). The summed E-state index contributed by atoms with van der Waals surface area (Å²) in [4.78, 5) is 16.1. The minimum absolute atomic E-state index is 0. The van der Waals surface area contributed by atoms with E-state index in [0.29, 0.717) is 5.96 Å². The molecule has 1 aromatic carbocycles. The number of halogens is 2. The summed E-state index contributed by atoms with van der Waals surface area (Å²) < 4.78 is 0.932. The van der Waals surface area contributed by atoms with E-state index in [1.165, 1.54) is 0 Å². The van der Waals surface area contributed by atoms with E-state index in [4.69, 9.17) is 0 Å². The molecule has 124 valence electrons. The molecule has 0 fully saturated rings. The van der Waals surface area contributed by atoms with Crippen LogP contribution in [0.5, 0.6) is 0 Å². The maximum Gasteiger partial charge on any atom is 0.243 e. The van der Waals surface area contributed by atoms with Crippen molar-refractivity contribution < 1.29 is 4.79 Å². The van der Waals surface area contributed by atoms with Crippen LogP contribution < -0.4 is 16.0 Å². The summed E-state index contributed by atoms with van der Waals surface area (Å²) in [5.74, 6) is 0.483. The molecular formula is C15H24BrIN4O. The van der Waals surface area contributed by atoms with Crippen molar-refractivity contribution >= 4 is 57.5 Å². The Bertz CT molecular complexity index is 541. The molecule has 0 spiro atoms. The van der Waals surface area contributed by atoms with Gasteiger partial charge in [0.2, 0.25) is 5.91 Å². The van der Waals surface area contributed by atoms with Crippen LogP contribution in [-0.2, 0) is 4.79 Å². The number of nitrogens with one attached hydrogen (secondary N) is 3. The Morgan fingerprint density at radius 1 is 1.32 bits per heavy atom. The molecule has 1 amide bonds. The van der Waals surface area contributed by atoms with Gasteiger partial charge in [-0.05, 0) is 45.4 Å². The van der Waals surface area contributed by atoms with Crippen LogP contribution in [0.1, 0.15) is 26.3 Å². The maximum atomic E-state index is 12.0. The molecule has 0 aromatic heterocycles. The van der Waals surface area contributed by atoms with Gasteiger partial charge in [-0.15, -0.1) is 24.0 Å². The van der Waals surface area contributed by atoms with E-state index in [0.717, 1.165) is 15.7 Å². The Morgan fingerprint density at radius 2 is 1.95 bits per heavy atom. The van der Waals surface area contributed by atoms with E-state index in [-0.39, 0.29) is 42.0 Å². The highest BCUT2D eigenvalue weighted by atomic mass is 127. The van der Waals surface area contributed by atoms with Crippen LogP contribution in [0.4, 0.5) is 5.69 Å². The summed E-state index contributed by atoms with van der Waals surface area (Å²) in [6.07, 6.45) is 0. The molecule has 7 heteroatoms. The molecule has 1 aromatic rings. The van der Waals surface area contributed by atoms with Crippen molar-refractivity contribution in [3.05, 3.63) is 28.2 Å². The number of aliphatic imine (C=N–C) groups is 1. The van der Waals surface area contributed by atoms with Crippen molar-refractivity contribution in [1.82, 2.24) is 10.6 Å². The molecule has 0 atom stereocenters. The number of hydrogen-bond acceptors (Lipinski definition) is 2. The lowest BCUT2D eigenvalue weighted by Gasteiger charge is -2.23. The molecule has 0 unspecified atom stereocenters. The molecule has 0 heterocycles. The van der Waals surface area contributed by atoms with E-state index < -0.39 is 0 Å². The topological polar surface area (TPSA) is 65.5 Å². The Hall–Kier alpha value is -0.830. The zero-order chi connectivity index (χ0) is 16.0. The van der Waals surface area contributed by atoms with Crippen LogP contribution in [-0.4, -0.2) is 31.0 Å². The van der Waals surface area contributed by atoms with Crippen LogP contribution in [0.3, 0.4) is 0 Å². The number of hydrogen-bond donors (Lipinski definition) is 3. The van der Waals surface area contributed by atoms with Crippen LogP contribution in [0, 0.1) is 6.92 Å². The van der Waals surface area contributed by atoms with E-state index in [9.17, 15) is 4.79 Å². The molecule has 0 radical (unpaired) electrons. The molecule has 0 aliphatic carbocycles. The monoisotopic (exact) mass is 482 g/mol. The summed E-state index contributed by atoms with van der Waals surface area (Å²) in [5, 5.41) is 9.07. The third kappa shape index (κ3) is 7.98. The first kappa shape index (κ1) is 21.2. The summed E-state index contributed by atoms with van der Waals surface area (Å²) >= 11 is 3.40. The summed E-state index contributed by atoms with van der Waals surface area (Å²) in [6, 6.07) is 5.78. The van der Waals surface area contributed by atoms with Crippen LogP contribution in [0.15, 0.2) is 27.7 Å². The Kier molecular flexibility index (Phi) is 8.99. The minimum Gasteiger partial charge on any atom is -0.352 e. The Morgan fingerprint density at radius 3 is 2.50 bits per heavy atom. The van der Waals surface area contributed by atoms with Gasteiger partial charge in [-0.25, -0.2) is 0 Å². The van der Waals surface area contributed by atoms with E-state index in [1.807, 2.05) is 45.9 Å². The normalized spacial score (nSPS) is 11.5. The summed E-state index contributed by atoms with van der Waals surface area (Å²) in [7, 11) is 1.68. The van der Waals surface area contributed by atoms with Gasteiger partial charge < -0.3 is 16.0 Å². The lowest BCUT2D eigenvalue weighted by molar-refractivity contribution is -0.115. The fourth-order valence-corrected chi connectivity index (χ4v) is 1.98. The first-order chi connectivity index (χ1) is 9.71. The third-order valence-corrected chi connectivity index (χ3v) is 3.10. The highest BCUT2D eigenvalue weighted by molar-refractivity contribution is 14.0. The zero-order valence-corrected chi connectivity index (χ0v) is 17.5. The van der Waals surface area contributed by atoms with Gasteiger partial charge >= 0.3 is 0 Å². The molecule has 3 N–H and O–H groups in total. The average molecular weight is 483 g/mol. The van der Waals surface area contributed by atoms with Crippen LogP contribution in [0.2, 0.25) is 0 Å². The van der Waals surface area contributed by atoms with Gasteiger partial charge in [0.25, 0.3) is 0 Å². The number of carbonyl (C=O) groups excluding carboxylic acids is 1. The van der Waals surface area contributed by atoms with Gasteiger partial charge in [-0.2, -0.15) is 0 Å². The van der Waals surface area contributed by atoms with Crippen molar-refractivity contribution in [2.24, 2.45) is 4.99 Å². The molecular weight excluding hydrogens is 459 g/mol. The number of benzene rings is 1. The van der Waals surface area contributed by atoms with Crippen LogP contribution >= 0.6 is 39.9 Å². The van der Waals surface area contributed by atoms with Crippen LogP contribution in [0.25, 0.3) is 0 Å². The number of amides is 1. The molecule has 22 heavy (non-hydrogen) atoms. The molecule has 0 saturated carbocycles. The highest BCUT2D eigenvalue weighted by Gasteiger charge is 2.12. The van der Waals surface area contributed by atoms with Gasteiger partial charge in [-0.3, -0.25) is 9.79 Å².